The fourth-order valence-corrected chi connectivity index (χ4v) is 5.04. The van der Waals surface area contributed by atoms with Crippen molar-refractivity contribution in [1.29, 1.82) is 0 Å². The Hall–Kier alpha value is -5.23. The number of halogens is 1. The Morgan fingerprint density at radius 3 is 0.583 bits per heavy atom. The maximum Gasteiger partial charge on any atom is 2.00 e. The molecule has 12 heteroatoms. The number of pyridine rings is 6. The molecule has 0 aliphatic heterocycles. The summed E-state index contributed by atoms with van der Waals surface area (Å²) in [4.78, 5) is 26.1. The summed E-state index contributed by atoms with van der Waals surface area (Å²) >= 11 is 0. The molecule has 0 saturated heterocycles. The zero-order valence-electron chi connectivity index (χ0n) is 24.9. The van der Waals surface area contributed by atoms with Crippen LogP contribution in [0, 0.1) is 10.2 Å². The summed E-state index contributed by atoms with van der Waals surface area (Å²) in [5, 5.41) is 6.83. The number of hydrogen-bond acceptors (Lipinski definition) is 10. The number of rotatable bonds is 0. The van der Waals surface area contributed by atoms with E-state index in [1.807, 2.05) is 36.4 Å². The van der Waals surface area contributed by atoms with Crippen molar-refractivity contribution in [3.63, 3.8) is 0 Å². The third-order valence-electron chi connectivity index (χ3n) is 7.03. The first-order valence-corrected chi connectivity index (χ1v) is 15.5. The zero-order chi connectivity index (χ0) is 32.6. The number of benzene rings is 3. The molecule has 0 amide bonds. The summed E-state index contributed by atoms with van der Waals surface area (Å²) in [6.07, 6.45) is 10.8. The predicted molar refractivity (Wildman–Crippen MR) is 171 cm³/mol. The molecule has 0 aliphatic rings. The first-order chi connectivity index (χ1) is 22.8. The molecule has 0 unspecified atom stereocenters. The van der Waals surface area contributed by atoms with E-state index in [0.29, 0.717) is 0 Å². The van der Waals surface area contributed by atoms with Gasteiger partial charge in [-0.2, -0.15) is 0 Å². The molecule has 0 radical (unpaired) electrons. The van der Waals surface area contributed by atoms with Crippen LogP contribution in [-0.4, -0.2) is 29.9 Å². The quantitative estimate of drug-likeness (QED) is 0.169. The Bertz CT molecular complexity index is 2030. The Morgan fingerprint density at radius 1 is 0.292 bits per heavy atom. The van der Waals surface area contributed by atoms with Gasteiger partial charge in [-0.15, -0.1) is 10.2 Å². The molecule has 0 fully saturated rings. The van der Waals surface area contributed by atoms with Crippen LogP contribution in [0.25, 0.3) is 65.4 Å². The maximum atomic E-state index is 8.49. The molecule has 48 heavy (non-hydrogen) atoms. The molecule has 0 bridgehead atoms. The van der Waals surface area contributed by atoms with Crippen molar-refractivity contribution >= 4 is 65.4 Å². The van der Waals surface area contributed by atoms with Crippen molar-refractivity contribution in [2.24, 2.45) is 0 Å². The summed E-state index contributed by atoms with van der Waals surface area (Å²) < 4.78 is 34.0. The molecular weight excluding hydrogens is 672 g/mol. The fourth-order valence-electron chi connectivity index (χ4n) is 5.04. The average molecular weight is 696 g/mol. The summed E-state index contributed by atoms with van der Waals surface area (Å²) in [5.41, 5.74) is 5.86. The molecule has 3 aromatic carbocycles. The standard InChI is InChI=1S/3C12H8N2.ClHO4.Fe/c3*1-3-9-5-6-10-4-2-8-14-12(10)11(9)13-7-1;2-1(3,4)5;/h3*1-8H;(H,2,3,4,5);/q;;;;+2/p-1. The minimum atomic E-state index is -4.94. The van der Waals surface area contributed by atoms with Gasteiger partial charge in [0.2, 0.25) is 0 Å². The van der Waals surface area contributed by atoms with E-state index >= 15 is 0 Å². The molecule has 6 aromatic heterocycles. The second kappa shape index (κ2) is 15.6. The molecule has 236 valence electrons. The number of fused-ring (bicyclic) bond motifs is 9. The molecule has 0 atom stereocenters. The first-order valence-electron chi connectivity index (χ1n) is 14.2. The second-order valence-electron chi connectivity index (χ2n) is 10.0. The van der Waals surface area contributed by atoms with Gasteiger partial charge in [0, 0.05) is 69.5 Å². The SMILES string of the molecule is [Fe+2].[O-][Cl+3]([O-])([O-])[O-].c1cnc2c(c1)ccc1cccnc12.c1cnc2c(c1)ccc1cccnc12.c1cnc2c(c1)ccc1cccnc12. The minimum Gasteiger partial charge on any atom is -0.254 e. The molecular formula is C36H24ClFeN6O4+. The van der Waals surface area contributed by atoms with Crippen molar-refractivity contribution in [3.05, 3.63) is 146 Å². The van der Waals surface area contributed by atoms with Crippen LogP contribution < -0.4 is 18.6 Å². The van der Waals surface area contributed by atoms with Crippen LogP contribution in [0.3, 0.4) is 0 Å². The summed E-state index contributed by atoms with van der Waals surface area (Å²) in [7, 11) is -4.94. The van der Waals surface area contributed by atoms with Gasteiger partial charge in [-0.25, -0.2) is 18.6 Å². The van der Waals surface area contributed by atoms with Crippen molar-refractivity contribution in [2.75, 3.05) is 0 Å². The second-order valence-corrected chi connectivity index (χ2v) is 10.8. The molecule has 9 rings (SSSR count). The van der Waals surface area contributed by atoms with E-state index in [9.17, 15) is 0 Å². The molecule has 10 nitrogen and oxygen atoms in total. The zero-order valence-corrected chi connectivity index (χ0v) is 26.8. The number of aromatic nitrogens is 6. The summed E-state index contributed by atoms with van der Waals surface area (Å²) in [5.74, 6) is 0. The van der Waals surface area contributed by atoms with E-state index in [-0.39, 0.29) is 17.1 Å². The molecule has 6 heterocycles. The van der Waals surface area contributed by atoms with Gasteiger partial charge < -0.3 is 0 Å². The van der Waals surface area contributed by atoms with Gasteiger partial charge in [0.1, 0.15) is 0 Å². The average Bonchev–Trinajstić information content (AvgIpc) is 3.11. The Morgan fingerprint density at radius 2 is 0.438 bits per heavy atom. The maximum absolute atomic E-state index is 8.49. The van der Waals surface area contributed by atoms with E-state index in [2.05, 4.69) is 103 Å². The number of nitrogens with zero attached hydrogens (tertiary/aromatic N) is 6. The van der Waals surface area contributed by atoms with Crippen LogP contribution in [0.1, 0.15) is 0 Å². The van der Waals surface area contributed by atoms with Crippen LogP contribution >= 0.6 is 0 Å². The normalized spacial score (nSPS) is 10.8. The fraction of sp³-hybridized carbons (Fsp3) is 0. The van der Waals surface area contributed by atoms with Crippen LogP contribution in [-0.2, 0) is 17.1 Å². The van der Waals surface area contributed by atoms with Crippen LogP contribution in [0.2, 0.25) is 0 Å². The molecule has 0 aliphatic carbocycles. The third kappa shape index (κ3) is 8.37. The predicted octanol–water partition coefficient (Wildman–Crippen LogP) is 3.59. The van der Waals surface area contributed by atoms with Crippen LogP contribution in [0.4, 0.5) is 0 Å². The van der Waals surface area contributed by atoms with Crippen molar-refractivity contribution in [3.8, 4) is 0 Å². The Kier molecular flexibility index (Phi) is 11.1. The van der Waals surface area contributed by atoms with Gasteiger partial charge in [0.05, 0.1) is 33.1 Å². The van der Waals surface area contributed by atoms with Crippen LogP contribution in [0.15, 0.2) is 146 Å². The van der Waals surface area contributed by atoms with E-state index in [1.54, 1.807) is 37.2 Å². The smallest absolute Gasteiger partial charge is 0.254 e. The van der Waals surface area contributed by atoms with Gasteiger partial charge in [0.15, 0.2) is 0 Å². The van der Waals surface area contributed by atoms with Crippen molar-refractivity contribution in [1.82, 2.24) is 29.9 Å². The third-order valence-corrected chi connectivity index (χ3v) is 7.03. The largest absolute Gasteiger partial charge is 2.00 e. The summed E-state index contributed by atoms with van der Waals surface area (Å²) in [6.45, 7) is 0. The van der Waals surface area contributed by atoms with Gasteiger partial charge in [-0.1, -0.05) is 72.8 Å². The number of hydrogen-bond donors (Lipinski definition) is 0. The van der Waals surface area contributed by atoms with E-state index < -0.39 is 10.2 Å². The topological polar surface area (TPSA) is 170 Å². The molecule has 9 aromatic rings. The molecule has 0 N–H and O–H groups in total. The van der Waals surface area contributed by atoms with E-state index in [1.165, 1.54) is 0 Å². The Balaban J connectivity index is 0.000000130. The van der Waals surface area contributed by atoms with E-state index in [0.717, 1.165) is 65.4 Å². The van der Waals surface area contributed by atoms with Crippen molar-refractivity contribution < 1.29 is 45.9 Å². The molecule has 0 saturated carbocycles. The minimum absolute atomic E-state index is 0. The molecule has 0 spiro atoms. The Labute approximate surface area is 286 Å². The van der Waals surface area contributed by atoms with Gasteiger partial charge >= 0.3 is 17.1 Å². The van der Waals surface area contributed by atoms with E-state index in [4.69, 9.17) is 18.6 Å². The monoisotopic (exact) mass is 695 g/mol. The van der Waals surface area contributed by atoms with Crippen LogP contribution in [0.5, 0.6) is 0 Å². The van der Waals surface area contributed by atoms with Gasteiger partial charge in [0.25, 0.3) is 0 Å². The first kappa shape index (κ1) is 34.1. The summed E-state index contributed by atoms with van der Waals surface area (Å²) in [6, 6.07) is 36.4. The van der Waals surface area contributed by atoms with Gasteiger partial charge in [-0.3, -0.25) is 29.9 Å². The van der Waals surface area contributed by atoms with Gasteiger partial charge in [-0.05, 0) is 36.4 Å². The van der Waals surface area contributed by atoms with Crippen molar-refractivity contribution in [2.45, 2.75) is 0 Å².